The van der Waals surface area contributed by atoms with Gasteiger partial charge in [-0.05, 0) is 56.0 Å². The average Bonchev–Trinajstić information content (AvgIpc) is 2.96. The first-order chi connectivity index (χ1) is 14.6. The third-order valence-corrected chi connectivity index (χ3v) is 5.87. The Morgan fingerprint density at radius 2 is 1.83 bits per heavy atom. The summed E-state index contributed by atoms with van der Waals surface area (Å²) in [4.78, 5) is 29.5. The summed E-state index contributed by atoms with van der Waals surface area (Å²) in [6.07, 6.45) is 2.29. The molecule has 2 aromatic rings. The van der Waals surface area contributed by atoms with E-state index in [-0.39, 0.29) is 17.7 Å². The van der Waals surface area contributed by atoms with E-state index in [2.05, 4.69) is 23.2 Å². The van der Waals surface area contributed by atoms with Gasteiger partial charge in [0.25, 0.3) is 0 Å². The van der Waals surface area contributed by atoms with Crippen molar-refractivity contribution in [1.82, 2.24) is 4.90 Å². The molecule has 2 aromatic carbocycles. The van der Waals surface area contributed by atoms with E-state index >= 15 is 0 Å². The number of anilines is 2. The molecule has 0 saturated carbocycles. The Bertz CT molecular complexity index is 892. The van der Waals surface area contributed by atoms with Crippen LogP contribution < -0.4 is 15.0 Å². The molecule has 0 bridgehead atoms. The summed E-state index contributed by atoms with van der Waals surface area (Å²) in [5, 5.41) is 2.98. The molecule has 4 rings (SSSR count). The Morgan fingerprint density at radius 1 is 1.07 bits per heavy atom. The second-order valence-electron chi connectivity index (χ2n) is 8.11. The molecule has 158 valence electrons. The molecule has 2 amide bonds. The quantitative estimate of drug-likeness (QED) is 0.843. The minimum absolute atomic E-state index is 0.0439. The Labute approximate surface area is 177 Å². The monoisotopic (exact) mass is 407 g/mol. The fraction of sp³-hybridized carbons (Fsp3) is 0.417. The summed E-state index contributed by atoms with van der Waals surface area (Å²) in [6.45, 7) is 5.12. The second kappa shape index (κ2) is 9.20. The molecule has 2 heterocycles. The van der Waals surface area contributed by atoms with E-state index in [0.29, 0.717) is 39.1 Å². The topological polar surface area (TPSA) is 61.9 Å². The lowest BCUT2D eigenvalue weighted by atomic mass is 9.95. The summed E-state index contributed by atoms with van der Waals surface area (Å²) < 4.78 is 5.84. The smallest absolute Gasteiger partial charge is 0.242 e. The van der Waals surface area contributed by atoms with Crippen LogP contribution in [0.15, 0.2) is 48.5 Å². The summed E-state index contributed by atoms with van der Waals surface area (Å²) in [6, 6.07) is 15.6. The van der Waals surface area contributed by atoms with Crippen LogP contribution in [0.25, 0.3) is 0 Å². The molecule has 0 aromatic heterocycles. The van der Waals surface area contributed by atoms with Crippen LogP contribution in [-0.2, 0) is 9.59 Å². The lowest BCUT2D eigenvalue weighted by Crippen LogP contribution is -2.46. The Balaban J connectivity index is 1.33. The van der Waals surface area contributed by atoms with Crippen molar-refractivity contribution in [3.63, 3.8) is 0 Å². The number of likely N-dealkylation sites (tertiary alicyclic amines) is 1. The van der Waals surface area contributed by atoms with Gasteiger partial charge in [-0.25, -0.2) is 0 Å². The molecule has 0 radical (unpaired) electrons. The maximum atomic E-state index is 13.0. The van der Waals surface area contributed by atoms with Crippen LogP contribution in [0.4, 0.5) is 11.4 Å². The van der Waals surface area contributed by atoms with Gasteiger partial charge in [-0.3, -0.25) is 9.59 Å². The summed E-state index contributed by atoms with van der Waals surface area (Å²) in [7, 11) is 0. The highest BCUT2D eigenvalue weighted by Gasteiger charge is 2.29. The Morgan fingerprint density at radius 3 is 2.60 bits per heavy atom. The number of hydrogen-bond acceptors (Lipinski definition) is 4. The number of nitrogens with zero attached hydrogens (tertiary/aromatic N) is 2. The number of para-hydroxylation sites is 1. The van der Waals surface area contributed by atoms with Crippen LogP contribution >= 0.6 is 0 Å². The fourth-order valence-electron chi connectivity index (χ4n) is 4.14. The van der Waals surface area contributed by atoms with E-state index in [9.17, 15) is 9.59 Å². The van der Waals surface area contributed by atoms with Crippen LogP contribution in [0.3, 0.4) is 0 Å². The number of aryl methyl sites for hydroxylation is 1. The molecule has 0 aliphatic carbocycles. The third kappa shape index (κ3) is 4.75. The standard InChI is InChI=1S/C24H29N3O3/c1-18-8-9-22-21(16-18)27(12-5-15-30-22)17-23(28)26-13-10-19(11-14-26)24(29)25-20-6-3-2-4-7-20/h2-4,6-9,16,19H,5,10-15,17H2,1H3,(H,25,29). The van der Waals surface area contributed by atoms with Gasteiger partial charge in [0.15, 0.2) is 0 Å². The van der Waals surface area contributed by atoms with E-state index in [4.69, 9.17) is 4.74 Å². The lowest BCUT2D eigenvalue weighted by Gasteiger charge is -2.33. The number of benzene rings is 2. The molecule has 1 fully saturated rings. The third-order valence-electron chi connectivity index (χ3n) is 5.87. The minimum Gasteiger partial charge on any atom is -0.491 e. The number of amides is 2. The van der Waals surface area contributed by atoms with Gasteiger partial charge in [-0.15, -0.1) is 0 Å². The molecule has 2 aliphatic heterocycles. The molecule has 0 spiro atoms. The fourth-order valence-corrected chi connectivity index (χ4v) is 4.14. The van der Waals surface area contributed by atoms with Crippen molar-refractivity contribution in [2.24, 2.45) is 5.92 Å². The zero-order chi connectivity index (χ0) is 20.9. The van der Waals surface area contributed by atoms with E-state index in [1.165, 1.54) is 0 Å². The van der Waals surface area contributed by atoms with Gasteiger partial charge >= 0.3 is 0 Å². The average molecular weight is 408 g/mol. The van der Waals surface area contributed by atoms with E-state index in [1.807, 2.05) is 47.4 Å². The molecular weight excluding hydrogens is 378 g/mol. The Kier molecular flexibility index (Phi) is 6.21. The maximum absolute atomic E-state index is 13.0. The van der Waals surface area contributed by atoms with Crippen LogP contribution in [0.2, 0.25) is 0 Å². The Hall–Kier alpha value is -3.02. The van der Waals surface area contributed by atoms with Crippen LogP contribution in [0.5, 0.6) is 5.75 Å². The van der Waals surface area contributed by atoms with Crippen LogP contribution in [0, 0.1) is 12.8 Å². The van der Waals surface area contributed by atoms with Crippen molar-refractivity contribution in [2.45, 2.75) is 26.2 Å². The first-order valence-corrected chi connectivity index (χ1v) is 10.7. The number of carbonyl (C=O) groups is 2. The van der Waals surface area contributed by atoms with Gasteiger partial charge in [-0.1, -0.05) is 24.3 Å². The van der Waals surface area contributed by atoms with Crippen molar-refractivity contribution in [1.29, 1.82) is 0 Å². The molecule has 0 unspecified atom stereocenters. The van der Waals surface area contributed by atoms with Crippen molar-refractivity contribution in [3.8, 4) is 5.75 Å². The minimum atomic E-state index is -0.0516. The van der Waals surface area contributed by atoms with Gasteiger partial charge in [0.1, 0.15) is 5.75 Å². The highest BCUT2D eigenvalue weighted by Crippen LogP contribution is 2.32. The highest BCUT2D eigenvalue weighted by atomic mass is 16.5. The zero-order valence-corrected chi connectivity index (χ0v) is 17.5. The number of nitrogens with one attached hydrogen (secondary N) is 1. The number of ether oxygens (including phenoxy) is 1. The molecular formula is C24H29N3O3. The molecule has 2 aliphatic rings. The largest absolute Gasteiger partial charge is 0.491 e. The number of rotatable bonds is 4. The van der Waals surface area contributed by atoms with Gasteiger partial charge in [0, 0.05) is 31.2 Å². The predicted octanol–water partition coefficient (Wildman–Crippen LogP) is 3.46. The van der Waals surface area contributed by atoms with E-state index in [0.717, 1.165) is 35.7 Å². The van der Waals surface area contributed by atoms with Gasteiger partial charge in [-0.2, -0.15) is 0 Å². The van der Waals surface area contributed by atoms with E-state index in [1.54, 1.807) is 0 Å². The normalized spacial score (nSPS) is 17.0. The van der Waals surface area contributed by atoms with E-state index < -0.39 is 0 Å². The van der Waals surface area contributed by atoms with Crippen molar-refractivity contribution >= 4 is 23.2 Å². The number of carbonyl (C=O) groups excluding carboxylic acids is 2. The zero-order valence-electron chi connectivity index (χ0n) is 17.5. The molecule has 6 heteroatoms. The SMILES string of the molecule is Cc1ccc2c(c1)N(CC(=O)N1CCC(C(=O)Nc3ccccc3)CC1)CCCO2. The molecule has 0 atom stereocenters. The molecule has 1 N–H and O–H groups in total. The maximum Gasteiger partial charge on any atom is 0.242 e. The number of hydrogen-bond donors (Lipinski definition) is 1. The van der Waals surface area contributed by atoms with Crippen molar-refractivity contribution < 1.29 is 14.3 Å². The highest BCUT2D eigenvalue weighted by molar-refractivity contribution is 5.92. The van der Waals surface area contributed by atoms with Crippen molar-refractivity contribution in [2.75, 3.05) is 43.0 Å². The summed E-state index contributed by atoms with van der Waals surface area (Å²) >= 11 is 0. The molecule has 1 saturated heterocycles. The van der Waals surface area contributed by atoms with Crippen LogP contribution in [0.1, 0.15) is 24.8 Å². The summed E-state index contributed by atoms with van der Waals surface area (Å²) in [5.74, 6) is 0.958. The predicted molar refractivity (Wildman–Crippen MR) is 118 cm³/mol. The first kappa shape index (κ1) is 20.3. The molecule has 30 heavy (non-hydrogen) atoms. The lowest BCUT2D eigenvalue weighted by molar-refractivity contribution is -0.133. The first-order valence-electron chi connectivity index (χ1n) is 10.7. The second-order valence-corrected chi connectivity index (χ2v) is 8.11. The van der Waals surface area contributed by atoms with Gasteiger partial charge in [0.2, 0.25) is 11.8 Å². The van der Waals surface area contributed by atoms with Crippen LogP contribution in [-0.4, -0.2) is 49.5 Å². The van der Waals surface area contributed by atoms with Gasteiger partial charge < -0.3 is 19.9 Å². The van der Waals surface area contributed by atoms with Gasteiger partial charge in [0.05, 0.1) is 18.8 Å². The molecule has 6 nitrogen and oxygen atoms in total. The number of fused-ring (bicyclic) bond motifs is 1. The summed E-state index contributed by atoms with van der Waals surface area (Å²) in [5.41, 5.74) is 2.97. The van der Waals surface area contributed by atoms with Crippen molar-refractivity contribution in [3.05, 3.63) is 54.1 Å². The number of piperidine rings is 1.